The summed E-state index contributed by atoms with van der Waals surface area (Å²) < 4.78 is 26.0. The number of nitrogens with zero attached hydrogens (tertiary/aromatic N) is 2. The van der Waals surface area contributed by atoms with Gasteiger partial charge in [0, 0.05) is 17.3 Å². The maximum Gasteiger partial charge on any atom is 0.231 e. The van der Waals surface area contributed by atoms with Crippen LogP contribution in [0.15, 0.2) is 36.5 Å². The highest BCUT2D eigenvalue weighted by Crippen LogP contribution is 2.16. The molecule has 2 rings (SSSR count). The molecule has 1 heterocycles. The van der Waals surface area contributed by atoms with Gasteiger partial charge in [-0.3, -0.25) is 9.40 Å². The van der Waals surface area contributed by atoms with E-state index in [1.165, 1.54) is 0 Å². The second-order valence-electron chi connectivity index (χ2n) is 3.86. The van der Waals surface area contributed by atoms with E-state index < -0.39 is 10.0 Å². The fourth-order valence-electron chi connectivity index (χ4n) is 1.50. The molecule has 96 valence electrons. The number of hydrogen-bond acceptors (Lipinski definition) is 3. The number of sulfonamides is 1. The van der Waals surface area contributed by atoms with Gasteiger partial charge in [0.15, 0.2) is 5.82 Å². The van der Waals surface area contributed by atoms with Crippen LogP contribution in [0.4, 0.5) is 5.82 Å². The van der Waals surface area contributed by atoms with Crippen LogP contribution in [-0.2, 0) is 16.6 Å². The molecule has 2 aromatic rings. The lowest BCUT2D eigenvalue weighted by molar-refractivity contribution is 0.606. The zero-order valence-electron chi connectivity index (χ0n) is 9.67. The Labute approximate surface area is 110 Å². The first kappa shape index (κ1) is 12.9. The molecule has 0 amide bonds. The van der Waals surface area contributed by atoms with Crippen molar-refractivity contribution in [3.63, 3.8) is 0 Å². The standard InChI is InChI=1S/C11H12ClN3O2S/c1-18(16,17)14-11-6-7-15(13-11)8-9-4-2-3-5-10(9)12/h2-7H,8H2,1H3,(H,13,14). The molecule has 0 bridgehead atoms. The van der Waals surface area contributed by atoms with Crippen LogP contribution in [0.5, 0.6) is 0 Å². The van der Waals surface area contributed by atoms with Gasteiger partial charge in [0.2, 0.25) is 10.0 Å². The molecule has 7 heteroatoms. The van der Waals surface area contributed by atoms with Gasteiger partial charge in [0.25, 0.3) is 0 Å². The van der Waals surface area contributed by atoms with E-state index in [0.717, 1.165) is 11.8 Å². The number of anilines is 1. The third kappa shape index (κ3) is 3.48. The second-order valence-corrected chi connectivity index (χ2v) is 6.02. The van der Waals surface area contributed by atoms with Crippen molar-refractivity contribution in [1.82, 2.24) is 9.78 Å². The molecule has 5 nitrogen and oxygen atoms in total. The van der Waals surface area contributed by atoms with Crippen LogP contribution in [0.2, 0.25) is 5.02 Å². The minimum absolute atomic E-state index is 0.296. The molecule has 18 heavy (non-hydrogen) atoms. The van der Waals surface area contributed by atoms with Gasteiger partial charge in [-0.1, -0.05) is 29.8 Å². The van der Waals surface area contributed by atoms with Crippen molar-refractivity contribution in [2.45, 2.75) is 6.54 Å². The monoisotopic (exact) mass is 285 g/mol. The number of aromatic nitrogens is 2. The van der Waals surface area contributed by atoms with Gasteiger partial charge in [0.1, 0.15) is 0 Å². The quantitative estimate of drug-likeness (QED) is 0.934. The van der Waals surface area contributed by atoms with Crippen molar-refractivity contribution in [1.29, 1.82) is 0 Å². The van der Waals surface area contributed by atoms with Crippen molar-refractivity contribution in [2.24, 2.45) is 0 Å². The molecular weight excluding hydrogens is 274 g/mol. The van der Waals surface area contributed by atoms with Crippen molar-refractivity contribution < 1.29 is 8.42 Å². The Morgan fingerprint density at radius 1 is 1.33 bits per heavy atom. The Bertz CT molecular complexity index is 652. The van der Waals surface area contributed by atoms with Gasteiger partial charge in [-0.25, -0.2) is 8.42 Å². The molecule has 1 aromatic heterocycles. The first-order chi connectivity index (χ1) is 8.44. The summed E-state index contributed by atoms with van der Waals surface area (Å²) in [7, 11) is -3.30. The van der Waals surface area contributed by atoms with Crippen LogP contribution in [0, 0.1) is 0 Å². The topological polar surface area (TPSA) is 64.0 Å². The lowest BCUT2D eigenvalue weighted by Gasteiger charge is -2.04. The maximum atomic E-state index is 11.0. The Morgan fingerprint density at radius 3 is 2.72 bits per heavy atom. The molecule has 1 N–H and O–H groups in total. The molecule has 1 aromatic carbocycles. The van der Waals surface area contributed by atoms with Gasteiger partial charge in [-0.15, -0.1) is 0 Å². The average Bonchev–Trinajstić information content (AvgIpc) is 2.66. The summed E-state index contributed by atoms with van der Waals surface area (Å²) in [5.41, 5.74) is 0.924. The van der Waals surface area contributed by atoms with E-state index in [9.17, 15) is 8.42 Å². The number of hydrogen-bond donors (Lipinski definition) is 1. The average molecular weight is 286 g/mol. The molecule has 0 radical (unpaired) electrons. The summed E-state index contributed by atoms with van der Waals surface area (Å²) >= 11 is 6.03. The normalized spacial score (nSPS) is 11.4. The molecule has 0 fully saturated rings. The predicted octanol–water partition coefficient (Wildman–Crippen LogP) is 1.96. The number of benzene rings is 1. The van der Waals surface area contributed by atoms with Gasteiger partial charge in [-0.2, -0.15) is 5.10 Å². The van der Waals surface area contributed by atoms with Crippen LogP contribution in [0.1, 0.15) is 5.56 Å². The highest BCUT2D eigenvalue weighted by atomic mass is 35.5. The minimum Gasteiger partial charge on any atom is -0.266 e. The van der Waals surface area contributed by atoms with Gasteiger partial charge < -0.3 is 0 Å². The molecule has 0 aliphatic rings. The van der Waals surface area contributed by atoms with E-state index in [2.05, 4.69) is 9.82 Å². The van der Waals surface area contributed by atoms with Crippen molar-refractivity contribution in [3.05, 3.63) is 47.1 Å². The summed E-state index contributed by atoms with van der Waals surface area (Å²) in [5.74, 6) is 0.296. The molecule has 0 unspecified atom stereocenters. The van der Waals surface area contributed by atoms with E-state index >= 15 is 0 Å². The van der Waals surface area contributed by atoms with Crippen molar-refractivity contribution in [3.8, 4) is 0 Å². The third-order valence-corrected chi connectivity index (χ3v) is 3.17. The highest BCUT2D eigenvalue weighted by Gasteiger charge is 2.06. The molecule has 0 aliphatic carbocycles. The minimum atomic E-state index is -3.30. The lowest BCUT2D eigenvalue weighted by Crippen LogP contribution is -2.10. The largest absolute Gasteiger partial charge is 0.266 e. The van der Waals surface area contributed by atoms with E-state index in [1.54, 1.807) is 23.0 Å². The molecular formula is C11H12ClN3O2S. The van der Waals surface area contributed by atoms with Crippen LogP contribution >= 0.6 is 11.6 Å². The zero-order valence-corrected chi connectivity index (χ0v) is 11.2. The zero-order chi connectivity index (χ0) is 13.2. The van der Waals surface area contributed by atoms with E-state index in [1.807, 2.05) is 18.2 Å². The van der Waals surface area contributed by atoms with Crippen LogP contribution in [0.3, 0.4) is 0 Å². The fraction of sp³-hybridized carbons (Fsp3) is 0.182. The summed E-state index contributed by atoms with van der Waals surface area (Å²) in [6.45, 7) is 0.491. The number of halogens is 1. The Morgan fingerprint density at radius 2 is 2.06 bits per heavy atom. The maximum absolute atomic E-state index is 11.0. The summed E-state index contributed by atoms with van der Waals surface area (Å²) in [4.78, 5) is 0. The third-order valence-electron chi connectivity index (χ3n) is 2.22. The van der Waals surface area contributed by atoms with Crippen LogP contribution < -0.4 is 4.72 Å². The van der Waals surface area contributed by atoms with Crippen molar-refractivity contribution >= 4 is 27.4 Å². The first-order valence-corrected chi connectivity index (χ1v) is 7.46. The summed E-state index contributed by atoms with van der Waals surface area (Å²) in [6, 6.07) is 9.04. The predicted molar refractivity (Wildman–Crippen MR) is 71.2 cm³/mol. The highest BCUT2D eigenvalue weighted by molar-refractivity contribution is 7.92. The van der Waals surface area contributed by atoms with E-state index in [4.69, 9.17) is 11.6 Å². The van der Waals surface area contributed by atoms with Gasteiger partial charge in [-0.05, 0) is 11.6 Å². The Balaban J connectivity index is 2.14. The SMILES string of the molecule is CS(=O)(=O)Nc1ccn(Cc2ccccc2Cl)n1. The summed E-state index contributed by atoms with van der Waals surface area (Å²) in [5, 5.41) is 4.76. The molecule has 0 atom stereocenters. The van der Waals surface area contributed by atoms with Crippen LogP contribution in [0.25, 0.3) is 0 Å². The van der Waals surface area contributed by atoms with Gasteiger partial charge in [0.05, 0.1) is 12.8 Å². The first-order valence-electron chi connectivity index (χ1n) is 5.19. The summed E-state index contributed by atoms with van der Waals surface area (Å²) in [6.07, 6.45) is 2.77. The number of rotatable bonds is 4. The molecule has 0 aliphatic heterocycles. The Kier molecular flexibility index (Phi) is 3.58. The smallest absolute Gasteiger partial charge is 0.231 e. The van der Waals surface area contributed by atoms with E-state index in [0.29, 0.717) is 17.4 Å². The molecule has 0 saturated heterocycles. The van der Waals surface area contributed by atoms with Crippen molar-refractivity contribution in [2.75, 3.05) is 11.0 Å². The van der Waals surface area contributed by atoms with E-state index in [-0.39, 0.29) is 0 Å². The Hall–Kier alpha value is -1.53. The second kappa shape index (κ2) is 4.99. The number of nitrogens with one attached hydrogen (secondary N) is 1. The molecule has 0 spiro atoms. The fourth-order valence-corrected chi connectivity index (χ4v) is 2.18. The van der Waals surface area contributed by atoms with Crippen LogP contribution in [-0.4, -0.2) is 24.5 Å². The van der Waals surface area contributed by atoms with Gasteiger partial charge >= 0.3 is 0 Å². The lowest BCUT2D eigenvalue weighted by atomic mass is 10.2. The molecule has 0 saturated carbocycles.